The summed E-state index contributed by atoms with van der Waals surface area (Å²) in [5, 5.41) is 7.08. The Morgan fingerprint density at radius 1 is 1.41 bits per heavy atom. The van der Waals surface area contributed by atoms with Crippen LogP contribution in [0.5, 0.6) is 0 Å². The van der Waals surface area contributed by atoms with Gasteiger partial charge >= 0.3 is 0 Å². The number of aryl methyl sites for hydroxylation is 1. The lowest BCUT2D eigenvalue weighted by atomic mass is 10.1. The molecular formula is C20H22N4O2S. The van der Waals surface area contributed by atoms with Crippen molar-refractivity contribution in [1.29, 1.82) is 0 Å². The Hall–Kier alpha value is -2.67. The summed E-state index contributed by atoms with van der Waals surface area (Å²) in [7, 11) is 0. The summed E-state index contributed by atoms with van der Waals surface area (Å²) in [6.07, 6.45) is 3.79. The van der Waals surface area contributed by atoms with Gasteiger partial charge in [0.15, 0.2) is 0 Å². The number of likely N-dealkylation sites (tertiary alicyclic amines) is 1. The van der Waals surface area contributed by atoms with Gasteiger partial charge in [0.1, 0.15) is 6.04 Å². The molecule has 7 heteroatoms. The van der Waals surface area contributed by atoms with E-state index in [1.807, 2.05) is 35.8 Å². The number of rotatable bonds is 6. The number of fused-ring (bicyclic) bond motifs is 1. The number of aromatic nitrogens is 2. The highest BCUT2D eigenvalue weighted by molar-refractivity contribution is 7.09. The first kappa shape index (κ1) is 17.7. The third-order valence-corrected chi connectivity index (χ3v) is 6.03. The van der Waals surface area contributed by atoms with E-state index < -0.39 is 6.04 Å². The molecule has 0 spiro atoms. The van der Waals surface area contributed by atoms with E-state index >= 15 is 0 Å². The lowest BCUT2D eigenvalue weighted by Gasteiger charge is -2.23. The standard InChI is InChI=1S/C20H22N4O2S/c1-2-18-23-14(12-27-18)10-22-20(26)17-7-8-19(25)24(17)11-13-9-21-16-6-4-3-5-15(13)16/h3-6,9,12,17,21H,2,7-8,10-11H2,1H3,(H,22,26). The maximum atomic E-state index is 12.7. The summed E-state index contributed by atoms with van der Waals surface area (Å²) >= 11 is 1.61. The van der Waals surface area contributed by atoms with E-state index in [9.17, 15) is 9.59 Å². The highest BCUT2D eigenvalue weighted by Crippen LogP contribution is 2.25. The lowest BCUT2D eigenvalue weighted by Crippen LogP contribution is -2.44. The van der Waals surface area contributed by atoms with Crippen LogP contribution < -0.4 is 5.32 Å². The smallest absolute Gasteiger partial charge is 0.243 e. The van der Waals surface area contributed by atoms with Gasteiger partial charge in [0.25, 0.3) is 0 Å². The molecule has 2 amide bonds. The summed E-state index contributed by atoms with van der Waals surface area (Å²) in [4.78, 5) is 34.5. The number of benzene rings is 1. The zero-order chi connectivity index (χ0) is 18.8. The van der Waals surface area contributed by atoms with Crippen molar-refractivity contribution in [3.8, 4) is 0 Å². The van der Waals surface area contributed by atoms with Gasteiger partial charge in [-0.15, -0.1) is 11.3 Å². The van der Waals surface area contributed by atoms with E-state index in [1.54, 1.807) is 16.2 Å². The van der Waals surface area contributed by atoms with Crippen molar-refractivity contribution in [2.24, 2.45) is 0 Å². The minimum atomic E-state index is -0.421. The summed E-state index contributed by atoms with van der Waals surface area (Å²) in [5.74, 6) is -0.0749. The maximum absolute atomic E-state index is 12.7. The third kappa shape index (κ3) is 3.60. The van der Waals surface area contributed by atoms with E-state index in [0.717, 1.165) is 33.6 Å². The highest BCUT2D eigenvalue weighted by atomic mass is 32.1. The van der Waals surface area contributed by atoms with Crippen LogP contribution in [-0.2, 0) is 29.1 Å². The van der Waals surface area contributed by atoms with Crippen molar-refractivity contribution >= 4 is 34.1 Å². The van der Waals surface area contributed by atoms with Crippen LogP contribution in [0.4, 0.5) is 0 Å². The number of amides is 2. The minimum Gasteiger partial charge on any atom is -0.361 e. The fourth-order valence-electron chi connectivity index (χ4n) is 3.54. The molecule has 1 unspecified atom stereocenters. The summed E-state index contributed by atoms with van der Waals surface area (Å²) in [5.41, 5.74) is 2.94. The number of hydrogen-bond acceptors (Lipinski definition) is 4. The molecule has 0 radical (unpaired) electrons. The van der Waals surface area contributed by atoms with Gasteiger partial charge in [-0.2, -0.15) is 0 Å². The molecule has 2 aromatic heterocycles. The topological polar surface area (TPSA) is 78.1 Å². The number of carbonyl (C=O) groups excluding carboxylic acids is 2. The highest BCUT2D eigenvalue weighted by Gasteiger charge is 2.36. The average Bonchev–Trinajstić information content (AvgIpc) is 3.40. The van der Waals surface area contributed by atoms with E-state index in [4.69, 9.17) is 0 Å². The maximum Gasteiger partial charge on any atom is 0.243 e. The Kier molecular flexibility index (Phi) is 4.94. The number of nitrogens with zero attached hydrogens (tertiary/aromatic N) is 2. The summed E-state index contributed by atoms with van der Waals surface area (Å²) in [6, 6.07) is 7.57. The zero-order valence-corrected chi connectivity index (χ0v) is 16.0. The first-order valence-electron chi connectivity index (χ1n) is 9.21. The molecule has 3 heterocycles. The number of aromatic amines is 1. The summed E-state index contributed by atoms with van der Waals surface area (Å²) < 4.78 is 0. The average molecular weight is 382 g/mol. The second kappa shape index (κ2) is 7.52. The molecule has 3 aromatic rings. The molecule has 4 rings (SSSR count). The van der Waals surface area contributed by atoms with Gasteiger partial charge in [0.2, 0.25) is 11.8 Å². The minimum absolute atomic E-state index is 0.0300. The Morgan fingerprint density at radius 2 is 2.26 bits per heavy atom. The molecule has 2 N–H and O–H groups in total. The first-order valence-corrected chi connectivity index (χ1v) is 10.1. The molecule has 0 bridgehead atoms. The van der Waals surface area contributed by atoms with Crippen LogP contribution in [0.2, 0.25) is 0 Å². The van der Waals surface area contributed by atoms with E-state index in [1.165, 1.54) is 0 Å². The first-order chi connectivity index (χ1) is 13.2. The SMILES string of the molecule is CCc1nc(CNC(=O)C2CCC(=O)N2Cc2c[nH]c3ccccc23)cs1. The Labute approximate surface area is 161 Å². The van der Waals surface area contributed by atoms with Crippen molar-refractivity contribution in [2.75, 3.05) is 0 Å². The second-order valence-electron chi connectivity index (χ2n) is 6.74. The van der Waals surface area contributed by atoms with E-state index in [0.29, 0.717) is 25.9 Å². The zero-order valence-electron chi connectivity index (χ0n) is 15.2. The van der Waals surface area contributed by atoms with Crippen LogP contribution in [0.1, 0.15) is 36.0 Å². The van der Waals surface area contributed by atoms with Gasteiger partial charge in [0.05, 0.1) is 17.2 Å². The molecular weight excluding hydrogens is 360 g/mol. The van der Waals surface area contributed by atoms with Crippen LogP contribution in [0.15, 0.2) is 35.8 Å². The van der Waals surface area contributed by atoms with Crippen molar-refractivity contribution in [3.05, 3.63) is 52.1 Å². The Bertz CT molecular complexity index is 977. The van der Waals surface area contributed by atoms with Crippen LogP contribution in [0, 0.1) is 0 Å². The molecule has 140 valence electrons. The van der Waals surface area contributed by atoms with Gasteiger partial charge < -0.3 is 15.2 Å². The van der Waals surface area contributed by atoms with E-state index in [-0.39, 0.29) is 11.8 Å². The van der Waals surface area contributed by atoms with Crippen LogP contribution in [0.3, 0.4) is 0 Å². The molecule has 1 atom stereocenters. The van der Waals surface area contributed by atoms with E-state index in [2.05, 4.69) is 22.2 Å². The molecule has 1 aliphatic heterocycles. The monoisotopic (exact) mass is 382 g/mol. The fraction of sp³-hybridized carbons (Fsp3) is 0.350. The Balaban J connectivity index is 1.45. The van der Waals surface area contributed by atoms with Gasteiger partial charge in [-0.1, -0.05) is 25.1 Å². The number of H-pyrrole nitrogens is 1. The fourth-order valence-corrected chi connectivity index (χ4v) is 4.28. The number of nitrogens with one attached hydrogen (secondary N) is 2. The summed E-state index contributed by atoms with van der Waals surface area (Å²) in [6.45, 7) is 2.91. The van der Waals surface area contributed by atoms with Gasteiger partial charge in [-0.3, -0.25) is 9.59 Å². The van der Waals surface area contributed by atoms with Gasteiger partial charge in [0, 0.05) is 35.4 Å². The molecule has 6 nitrogen and oxygen atoms in total. The predicted molar refractivity (Wildman–Crippen MR) is 105 cm³/mol. The quantitative estimate of drug-likeness (QED) is 0.688. The van der Waals surface area contributed by atoms with Crippen molar-refractivity contribution in [1.82, 2.24) is 20.2 Å². The molecule has 27 heavy (non-hydrogen) atoms. The predicted octanol–water partition coefficient (Wildman–Crippen LogP) is 2.99. The normalized spacial score (nSPS) is 17.0. The lowest BCUT2D eigenvalue weighted by molar-refractivity contribution is -0.135. The number of thiazole rings is 1. The van der Waals surface area contributed by atoms with Crippen molar-refractivity contribution < 1.29 is 9.59 Å². The molecule has 1 aliphatic rings. The Morgan fingerprint density at radius 3 is 3.07 bits per heavy atom. The van der Waals surface area contributed by atoms with Crippen molar-refractivity contribution in [2.45, 2.75) is 45.3 Å². The molecule has 1 saturated heterocycles. The molecule has 0 aliphatic carbocycles. The van der Waals surface area contributed by atoms with Crippen molar-refractivity contribution in [3.63, 3.8) is 0 Å². The van der Waals surface area contributed by atoms with Crippen LogP contribution in [-0.4, -0.2) is 32.7 Å². The third-order valence-electron chi connectivity index (χ3n) is 4.99. The van der Waals surface area contributed by atoms with Crippen LogP contribution >= 0.6 is 11.3 Å². The molecule has 0 saturated carbocycles. The van der Waals surface area contributed by atoms with Gasteiger partial charge in [-0.05, 0) is 24.5 Å². The van der Waals surface area contributed by atoms with Crippen LogP contribution in [0.25, 0.3) is 10.9 Å². The molecule has 1 aromatic carbocycles. The van der Waals surface area contributed by atoms with Gasteiger partial charge in [-0.25, -0.2) is 4.98 Å². The number of para-hydroxylation sites is 1. The molecule has 1 fully saturated rings. The number of carbonyl (C=O) groups is 2. The number of hydrogen-bond donors (Lipinski definition) is 2. The largest absolute Gasteiger partial charge is 0.361 e. The second-order valence-corrected chi connectivity index (χ2v) is 7.68.